The molecular weight excluding hydrogens is 426 g/mol. The Hall–Kier alpha value is -3.70. The van der Waals surface area contributed by atoms with Crippen LogP contribution in [0.4, 0.5) is 0 Å². The third kappa shape index (κ3) is 4.34. The molecule has 1 aromatic heterocycles. The van der Waals surface area contributed by atoms with E-state index in [0.29, 0.717) is 38.5 Å². The summed E-state index contributed by atoms with van der Waals surface area (Å²) in [5.74, 6) is -0.260. The molecule has 0 aliphatic carbocycles. The van der Waals surface area contributed by atoms with Crippen molar-refractivity contribution in [3.8, 4) is 17.0 Å². The lowest BCUT2D eigenvalue weighted by Crippen LogP contribution is -2.15. The molecular formula is C26H20ClNO4. The van der Waals surface area contributed by atoms with Gasteiger partial charge in [-0.25, -0.2) is 9.78 Å². The molecule has 0 radical (unpaired) electrons. The van der Waals surface area contributed by atoms with Crippen LogP contribution in [0.1, 0.15) is 26.3 Å². The fourth-order valence-electron chi connectivity index (χ4n) is 3.40. The topological polar surface area (TPSA) is 65.5 Å². The zero-order chi connectivity index (χ0) is 22.7. The van der Waals surface area contributed by atoms with E-state index in [1.807, 2.05) is 37.3 Å². The Morgan fingerprint density at radius 2 is 1.69 bits per heavy atom. The first-order valence-corrected chi connectivity index (χ1v) is 10.4. The normalized spacial score (nSPS) is 10.7. The van der Waals surface area contributed by atoms with Crippen LogP contribution in [0.3, 0.4) is 0 Å². The minimum absolute atomic E-state index is 0.304. The Labute approximate surface area is 190 Å². The number of methoxy groups -OCH3 is 1. The monoisotopic (exact) mass is 445 g/mol. The van der Waals surface area contributed by atoms with Crippen molar-refractivity contribution in [1.82, 2.24) is 4.98 Å². The van der Waals surface area contributed by atoms with E-state index in [9.17, 15) is 9.59 Å². The highest BCUT2D eigenvalue weighted by molar-refractivity contribution is 6.32. The van der Waals surface area contributed by atoms with Gasteiger partial charge in [0.15, 0.2) is 12.4 Å². The molecule has 3 aromatic carbocycles. The maximum absolute atomic E-state index is 13.0. The maximum atomic E-state index is 13.0. The van der Waals surface area contributed by atoms with Gasteiger partial charge in [-0.3, -0.25) is 4.79 Å². The molecule has 0 bridgehead atoms. The number of aromatic nitrogens is 1. The summed E-state index contributed by atoms with van der Waals surface area (Å²) in [6, 6.07) is 21.3. The van der Waals surface area contributed by atoms with Gasteiger partial charge < -0.3 is 9.47 Å². The van der Waals surface area contributed by atoms with E-state index in [2.05, 4.69) is 0 Å². The first-order chi connectivity index (χ1) is 15.5. The fraction of sp³-hybridized carbons (Fsp3) is 0.115. The lowest BCUT2D eigenvalue weighted by atomic mass is 10.0. The van der Waals surface area contributed by atoms with Crippen molar-refractivity contribution >= 4 is 34.3 Å². The molecule has 4 rings (SSSR count). The summed E-state index contributed by atoms with van der Waals surface area (Å²) < 4.78 is 10.5. The molecule has 0 atom stereocenters. The number of halogens is 1. The summed E-state index contributed by atoms with van der Waals surface area (Å²) in [5, 5.41) is 1.18. The summed E-state index contributed by atoms with van der Waals surface area (Å²) in [5.41, 5.74) is 3.63. The predicted octanol–water partition coefficient (Wildman–Crippen LogP) is 5.91. The molecule has 0 fully saturated rings. The fourth-order valence-corrected chi connectivity index (χ4v) is 3.55. The van der Waals surface area contributed by atoms with E-state index in [-0.39, 0.29) is 12.4 Å². The number of fused-ring (bicyclic) bond motifs is 1. The van der Waals surface area contributed by atoms with Crippen LogP contribution in [0, 0.1) is 6.92 Å². The molecule has 0 N–H and O–H groups in total. The van der Waals surface area contributed by atoms with Gasteiger partial charge in [-0.05, 0) is 48.9 Å². The number of hydrogen-bond donors (Lipinski definition) is 0. The predicted molar refractivity (Wildman–Crippen MR) is 125 cm³/mol. The van der Waals surface area contributed by atoms with Crippen molar-refractivity contribution in [2.24, 2.45) is 0 Å². The second-order valence-corrected chi connectivity index (χ2v) is 7.62. The number of carbonyl (C=O) groups is 2. The zero-order valence-electron chi connectivity index (χ0n) is 17.6. The highest BCUT2D eigenvalue weighted by Gasteiger charge is 2.19. The Balaban J connectivity index is 1.66. The van der Waals surface area contributed by atoms with Gasteiger partial charge in [0.1, 0.15) is 5.75 Å². The number of carbonyl (C=O) groups excluding carboxylic acids is 2. The first kappa shape index (κ1) is 21.5. The van der Waals surface area contributed by atoms with E-state index in [1.54, 1.807) is 49.6 Å². The van der Waals surface area contributed by atoms with E-state index in [1.165, 1.54) is 0 Å². The molecule has 0 amide bonds. The molecule has 0 spiro atoms. The van der Waals surface area contributed by atoms with Gasteiger partial charge in [-0.15, -0.1) is 0 Å². The van der Waals surface area contributed by atoms with Crippen molar-refractivity contribution in [3.05, 3.63) is 94.5 Å². The van der Waals surface area contributed by atoms with Crippen LogP contribution in [0.15, 0.2) is 72.8 Å². The van der Waals surface area contributed by atoms with E-state index < -0.39 is 5.97 Å². The number of ether oxygens (including phenoxy) is 2. The summed E-state index contributed by atoms with van der Waals surface area (Å²) in [6.07, 6.45) is 0. The van der Waals surface area contributed by atoms with Crippen LogP contribution in [-0.2, 0) is 4.74 Å². The van der Waals surface area contributed by atoms with Crippen LogP contribution < -0.4 is 4.74 Å². The summed E-state index contributed by atoms with van der Waals surface area (Å²) in [7, 11) is 1.55. The van der Waals surface area contributed by atoms with Gasteiger partial charge in [0.05, 0.1) is 23.9 Å². The number of Topliss-reactive ketones (excluding diaryl/α,β-unsaturated/α-hetero) is 1. The summed E-state index contributed by atoms with van der Waals surface area (Å²) in [6.45, 7) is 1.48. The van der Waals surface area contributed by atoms with E-state index in [4.69, 9.17) is 26.1 Å². The average molecular weight is 446 g/mol. The van der Waals surface area contributed by atoms with E-state index >= 15 is 0 Å². The molecule has 5 nitrogen and oxygen atoms in total. The van der Waals surface area contributed by atoms with Crippen molar-refractivity contribution in [3.63, 3.8) is 0 Å². The molecule has 0 aliphatic heterocycles. The largest absolute Gasteiger partial charge is 0.497 e. The molecule has 0 unspecified atom stereocenters. The number of aryl methyl sites for hydroxylation is 1. The Bertz CT molecular complexity index is 1300. The van der Waals surface area contributed by atoms with Gasteiger partial charge in [0, 0.05) is 21.5 Å². The minimum atomic E-state index is -0.599. The highest BCUT2D eigenvalue weighted by atomic mass is 35.5. The smallest absolute Gasteiger partial charge is 0.339 e. The number of benzene rings is 3. The second kappa shape index (κ2) is 9.20. The van der Waals surface area contributed by atoms with Crippen molar-refractivity contribution in [1.29, 1.82) is 0 Å². The summed E-state index contributed by atoms with van der Waals surface area (Å²) >= 11 is 6.30. The maximum Gasteiger partial charge on any atom is 0.339 e. The first-order valence-electron chi connectivity index (χ1n) is 9.97. The standard InChI is InChI=1S/C26H20ClNO4/c1-16-22(27)13-12-20-21(14-23(28-25(16)20)17-6-4-3-5-7-17)26(30)32-15-24(29)18-8-10-19(31-2)11-9-18/h3-14H,15H2,1-2H3. The number of nitrogens with zero attached hydrogens (tertiary/aromatic N) is 1. The number of rotatable bonds is 6. The third-order valence-corrected chi connectivity index (χ3v) is 5.61. The molecule has 6 heteroatoms. The Morgan fingerprint density at radius 1 is 0.969 bits per heavy atom. The molecule has 4 aromatic rings. The number of esters is 1. The minimum Gasteiger partial charge on any atom is -0.497 e. The zero-order valence-corrected chi connectivity index (χ0v) is 18.3. The SMILES string of the molecule is COc1ccc(C(=O)COC(=O)c2cc(-c3ccccc3)nc3c(C)c(Cl)ccc23)cc1. The summed E-state index contributed by atoms with van der Waals surface area (Å²) in [4.78, 5) is 30.2. The van der Waals surface area contributed by atoms with Crippen LogP contribution >= 0.6 is 11.6 Å². The van der Waals surface area contributed by atoms with Crippen LogP contribution in [0.5, 0.6) is 5.75 Å². The van der Waals surface area contributed by atoms with Crippen LogP contribution in [0.25, 0.3) is 22.2 Å². The van der Waals surface area contributed by atoms with Gasteiger partial charge in [0.2, 0.25) is 0 Å². The Kier molecular flexibility index (Phi) is 6.19. The quantitative estimate of drug-likeness (QED) is 0.272. The van der Waals surface area contributed by atoms with E-state index in [0.717, 1.165) is 11.1 Å². The van der Waals surface area contributed by atoms with Crippen molar-refractivity contribution in [2.45, 2.75) is 6.92 Å². The number of ketones is 1. The lowest BCUT2D eigenvalue weighted by molar-refractivity contribution is 0.0476. The van der Waals surface area contributed by atoms with Gasteiger partial charge >= 0.3 is 5.97 Å². The lowest BCUT2D eigenvalue weighted by Gasteiger charge is -2.12. The highest BCUT2D eigenvalue weighted by Crippen LogP contribution is 2.30. The number of pyridine rings is 1. The van der Waals surface area contributed by atoms with Crippen molar-refractivity contribution < 1.29 is 19.1 Å². The molecule has 0 saturated carbocycles. The van der Waals surface area contributed by atoms with Crippen molar-refractivity contribution in [2.75, 3.05) is 13.7 Å². The molecule has 32 heavy (non-hydrogen) atoms. The van der Waals surface area contributed by atoms with Crippen LogP contribution in [0.2, 0.25) is 5.02 Å². The molecule has 160 valence electrons. The molecule has 0 saturated heterocycles. The van der Waals surface area contributed by atoms with Crippen LogP contribution in [-0.4, -0.2) is 30.5 Å². The van der Waals surface area contributed by atoms with Gasteiger partial charge in [-0.2, -0.15) is 0 Å². The number of hydrogen-bond acceptors (Lipinski definition) is 5. The molecule has 1 heterocycles. The average Bonchev–Trinajstić information content (AvgIpc) is 2.84. The third-order valence-electron chi connectivity index (χ3n) is 5.20. The second-order valence-electron chi connectivity index (χ2n) is 7.22. The van der Waals surface area contributed by atoms with Gasteiger partial charge in [0.25, 0.3) is 0 Å². The van der Waals surface area contributed by atoms with Gasteiger partial charge in [-0.1, -0.05) is 48.0 Å². The molecule has 0 aliphatic rings. The Morgan fingerprint density at radius 3 is 2.38 bits per heavy atom.